The summed E-state index contributed by atoms with van der Waals surface area (Å²) in [7, 11) is 0. The molecule has 4 aliphatic rings. The molecule has 11 rings (SSSR count). The zero-order chi connectivity index (χ0) is 78.2. The lowest BCUT2D eigenvalue weighted by Gasteiger charge is -2.49. The van der Waals surface area contributed by atoms with E-state index >= 15 is 0 Å². The Morgan fingerprint density at radius 3 is 1.08 bits per heavy atom. The summed E-state index contributed by atoms with van der Waals surface area (Å²) in [6.45, 7) is 15.7. The van der Waals surface area contributed by atoms with Crippen molar-refractivity contribution in [2.75, 3.05) is 46.1 Å². The number of carbonyl (C=O) groups is 1. The van der Waals surface area contributed by atoms with E-state index in [1.807, 2.05) is 219 Å². The summed E-state index contributed by atoms with van der Waals surface area (Å²) in [6.07, 6.45) is -13.1. The molecule has 0 radical (unpaired) electrons. The quantitative estimate of drug-likeness (QED) is 0.0158. The van der Waals surface area contributed by atoms with Crippen molar-refractivity contribution >= 4 is 5.91 Å². The largest absolute Gasteiger partial charge is 0.471 e. The standard InChI is InChI=1S/C47H56F3NO10.C40H53N3O7/c1-32-40(52)38(30-54-26-34-16-7-3-8-17-34)59-45(42(32)57-28-36-20-11-5-12-21-36)61-41-33(2)43(58-29-37-22-13-6-14-23-37)44(56-25-15-24-51-46(53)47(48,49)50)60-39(41)31-55-27-35-18-9-4-10-19-35;1-5-34-28(2)29(3)37(46-25-32-18-11-7-12-19-32)40(48-34)50-36-30(4)38(47-26-33-20-13-8-14-21-33)39(45-23-15-22-42-43-41)49-35(36)27-44-24-31-16-9-6-10-17-31/h3-14,16-23,32-33,38-45,52H,15,24-31H2,1-2H3,(H,51,53);6-14,16-21,28-30,34-40H,5,15,22-27H2,1-4H3/t32-,33?,38?,39-,40+,41-,42?,43?,44+,45-;28-,29+,30?,34?,35+,36+,37?,38?,39-,40+/m01/s1. The highest BCUT2D eigenvalue weighted by molar-refractivity contribution is 5.81. The lowest BCUT2D eigenvalue weighted by atomic mass is 9.82. The van der Waals surface area contributed by atoms with Crippen molar-refractivity contribution in [3.63, 3.8) is 0 Å². The van der Waals surface area contributed by atoms with Gasteiger partial charge in [-0.05, 0) is 75.6 Å². The summed E-state index contributed by atoms with van der Waals surface area (Å²) in [5.74, 6) is -2.60. The number of benzene rings is 7. The highest BCUT2D eigenvalue weighted by Crippen LogP contribution is 2.41. The number of carbonyl (C=O) groups excluding carboxylic acids is 1. The number of hydrogen-bond acceptors (Lipinski definition) is 18. The fourth-order valence-electron chi connectivity index (χ4n) is 14.2. The molecular formula is C87H109F3N4O17. The van der Waals surface area contributed by atoms with Gasteiger partial charge in [-0.3, -0.25) is 4.79 Å². The van der Waals surface area contributed by atoms with Crippen LogP contribution in [0.3, 0.4) is 0 Å². The van der Waals surface area contributed by atoms with Crippen molar-refractivity contribution in [2.24, 2.45) is 34.7 Å². The molecule has 600 valence electrons. The minimum absolute atomic E-state index is 0.0245. The van der Waals surface area contributed by atoms with Crippen LogP contribution < -0.4 is 5.32 Å². The SMILES string of the molecule is CC1C(OCc2ccccc2)[C@H](OCCCNC(=O)C(F)(F)F)O[C@@H](COCc2ccccc2)[C@H]1O[C@@H]1OC(COCc2ccccc2)[C@H](O)[C@H](C)C1OCc1ccccc1.CCC1O[C@@H](O[C@H]2C(C)C(OCc3ccccc3)[C@H](OCCCN=[N+]=[N-])O[C@H]2COCc2ccccc2)C(OCc2ccccc2)[C@@H](C)[C@H]1C. The van der Waals surface area contributed by atoms with Gasteiger partial charge < -0.3 is 81.5 Å². The maximum Gasteiger partial charge on any atom is 0.471 e. The molecule has 0 spiro atoms. The third kappa shape index (κ3) is 26.5. The molecule has 0 bridgehead atoms. The van der Waals surface area contributed by atoms with Crippen molar-refractivity contribution in [2.45, 2.75) is 206 Å². The number of aliphatic hydroxyl groups excluding tert-OH is 1. The minimum Gasteiger partial charge on any atom is -0.390 e. The van der Waals surface area contributed by atoms with Crippen molar-refractivity contribution in [3.8, 4) is 0 Å². The van der Waals surface area contributed by atoms with Gasteiger partial charge >= 0.3 is 12.1 Å². The molecule has 20 atom stereocenters. The summed E-state index contributed by atoms with van der Waals surface area (Å²) in [5.41, 5.74) is 15.7. The van der Waals surface area contributed by atoms with Crippen LogP contribution in [0.4, 0.5) is 13.2 Å². The molecule has 111 heavy (non-hydrogen) atoms. The molecule has 4 fully saturated rings. The third-order valence-corrected chi connectivity index (χ3v) is 20.7. The first-order valence-corrected chi connectivity index (χ1v) is 38.7. The molecule has 7 aromatic rings. The van der Waals surface area contributed by atoms with E-state index in [9.17, 15) is 23.1 Å². The van der Waals surface area contributed by atoms with Crippen LogP contribution in [0.15, 0.2) is 217 Å². The molecule has 8 unspecified atom stereocenters. The Hall–Kier alpha value is -7.53. The molecule has 1 amide bonds. The third-order valence-electron chi connectivity index (χ3n) is 20.7. The van der Waals surface area contributed by atoms with Crippen molar-refractivity contribution < 1.29 is 94.1 Å². The first-order valence-electron chi connectivity index (χ1n) is 38.7. The fourth-order valence-corrected chi connectivity index (χ4v) is 14.2. The zero-order valence-corrected chi connectivity index (χ0v) is 64.2. The Bertz CT molecular complexity index is 3760. The van der Waals surface area contributed by atoms with Crippen LogP contribution in [0, 0.1) is 29.6 Å². The van der Waals surface area contributed by atoms with Gasteiger partial charge in [0.1, 0.15) is 42.7 Å². The average molecular weight is 1540 g/mol. The number of nitrogens with one attached hydrogen (secondary N) is 1. The first kappa shape index (κ1) is 85.9. The summed E-state index contributed by atoms with van der Waals surface area (Å²) in [4.78, 5) is 14.3. The summed E-state index contributed by atoms with van der Waals surface area (Å²) in [5, 5.41) is 17.1. The molecular weight excluding hydrogens is 1430 g/mol. The van der Waals surface area contributed by atoms with Gasteiger partial charge in [0.2, 0.25) is 0 Å². The van der Waals surface area contributed by atoms with Crippen molar-refractivity contribution in [3.05, 3.63) is 262 Å². The number of nitrogens with zero attached hydrogens (tertiary/aromatic N) is 3. The summed E-state index contributed by atoms with van der Waals surface area (Å²) >= 11 is 0. The molecule has 0 saturated carbocycles. The van der Waals surface area contributed by atoms with Gasteiger partial charge in [-0.1, -0.05) is 259 Å². The summed E-state index contributed by atoms with van der Waals surface area (Å²) < 4.78 is 137. The van der Waals surface area contributed by atoms with Crippen LogP contribution in [0.1, 0.15) is 99.7 Å². The molecule has 21 nitrogen and oxygen atoms in total. The van der Waals surface area contributed by atoms with E-state index in [-0.39, 0.29) is 89.2 Å². The Morgan fingerprint density at radius 2 is 0.730 bits per heavy atom. The smallest absolute Gasteiger partial charge is 0.390 e. The maximum absolute atomic E-state index is 12.8. The molecule has 24 heteroatoms. The average Bonchev–Trinajstić information content (AvgIpc) is 0.782. The van der Waals surface area contributed by atoms with E-state index < -0.39 is 104 Å². The number of azide groups is 1. The predicted molar refractivity (Wildman–Crippen MR) is 409 cm³/mol. The molecule has 0 aliphatic carbocycles. The minimum atomic E-state index is -4.99. The van der Waals surface area contributed by atoms with Crippen molar-refractivity contribution in [1.82, 2.24) is 5.32 Å². The lowest BCUT2D eigenvalue weighted by Crippen LogP contribution is -2.62. The van der Waals surface area contributed by atoms with E-state index in [0.717, 1.165) is 45.4 Å². The van der Waals surface area contributed by atoms with Crippen molar-refractivity contribution in [1.29, 1.82) is 0 Å². The van der Waals surface area contributed by atoms with E-state index in [1.165, 1.54) is 0 Å². The van der Waals surface area contributed by atoms with Crippen LogP contribution >= 0.6 is 0 Å². The van der Waals surface area contributed by atoms with E-state index in [1.54, 1.807) is 0 Å². The maximum atomic E-state index is 12.8. The normalized spacial score (nSPS) is 28.1. The van der Waals surface area contributed by atoms with Crippen LogP contribution in [0.2, 0.25) is 0 Å². The monoisotopic (exact) mass is 1540 g/mol. The highest BCUT2D eigenvalue weighted by Gasteiger charge is 2.53. The second kappa shape index (κ2) is 45.4. The van der Waals surface area contributed by atoms with E-state index in [2.05, 4.69) is 49.9 Å². The molecule has 7 aromatic carbocycles. The van der Waals surface area contributed by atoms with E-state index in [4.69, 9.17) is 76.6 Å². The molecule has 4 heterocycles. The Balaban J connectivity index is 0.000000241. The Labute approximate surface area is 650 Å². The van der Waals surface area contributed by atoms with Gasteiger partial charge in [-0.15, -0.1) is 0 Å². The molecule has 0 aromatic heterocycles. The van der Waals surface area contributed by atoms with Gasteiger partial charge in [0.05, 0.1) is 97.1 Å². The van der Waals surface area contributed by atoms with Gasteiger partial charge in [0, 0.05) is 42.4 Å². The number of aliphatic hydroxyl groups is 1. The van der Waals surface area contributed by atoms with Crippen LogP contribution in [-0.2, 0) is 122 Å². The number of amides is 1. The van der Waals surface area contributed by atoms with E-state index in [0.29, 0.717) is 46.0 Å². The number of alkyl halides is 3. The first-order chi connectivity index (χ1) is 54.0. The van der Waals surface area contributed by atoms with Gasteiger partial charge in [-0.2, -0.15) is 13.2 Å². The van der Waals surface area contributed by atoms with Crippen LogP contribution in [-0.4, -0.2) is 156 Å². The molecule has 4 aliphatic heterocycles. The lowest BCUT2D eigenvalue weighted by molar-refractivity contribution is -0.357. The number of ether oxygens (including phenoxy) is 15. The van der Waals surface area contributed by atoms with Crippen LogP contribution in [0.5, 0.6) is 0 Å². The molecule has 4 saturated heterocycles. The second-order valence-corrected chi connectivity index (χ2v) is 28.8. The summed E-state index contributed by atoms with van der Waals surface area (Å²) in [6, 6.07) is 69.0. The number of hydrogen-bond donors (Lipinski definition) is 2. The topological polar surface area (TPSA) is 237 Å². The van der Waals surface area contributed by atoms with Crippen LogP contribution in [0.25, 0.3) is 10.4 Å². The van der Waals surface area contributed by atoms with Gasteiger partial charge in [-0.25, -0.2) is 0 Å². The highest BCUT2D eigenvalue weighted by atomic mass is 19.4. The number of rotatable bonds is 39. The predicted octanol–water partition coefficient (Wildman–Crippen LogP) is 15.4. The van der Waals surface area contributed by atoms with Gasteiger partial charge in [0.25, 0.3) is 0 Å². The molecule has 2 N–H and O–H groups in total. The Kier molecular flexibility index (Phi) is 35.1. The zero-order valence-electron chi connectivity index (χ0n) is 64.2. The second-order valence-electron chi connectivity index (χ2n) is 28.8. The van der Waals surface area contributed by atoms with Gasteiger partial charge in [0.15, 0.2) is 25.2 Å². The number of halogens is 3. The Morgan fingerprint density at radius 1 is 0.414 bits per heavy atom. The fraction of sp³-hybridized carbons (Fsp3) is 0.506.